The molecule has 0 N–H and O–H groups in total. The second-order valence-electron chi connectivity index (χ2n) is 6.28. The Morgan fingerprint density at radius 2 is 1.23 bits per heavy atom. The lowest BCUT2D eigenvalue weighted by molar-refractivity contribution is -0.670. The van der Waals surface area contributed by atoms with Gasteiger partial charge in [-0.2, -0.15) is 0 Å². The fraction of sp³-hybridized carbons (Fsp3) is 0.333. The Kier molecular flexibility index (Phi) is 7.47. The minimum absolute atomic E-state index is 0. The summed E-state index contributed by atoms with van der Waals surface area (Å²) in [6, 6.07) is 6.71. The molecule has 6 nitrogen and oxygen atoms in total. The maximum atomic E-state index is 5.50. The first-order chi connectivity index (χ1) is 11.7. The minimum atomic E-state index is 0. The molecule has 0 amide bonds. The zero-order chi connectivity index (χ0) is 16.5. The summed E-state index contributed by atoms with van der Waals surface area (Å²) in [7, 11) is 4.07. The van der Waals surface area contributed by atoms with Crippen molar-refractivity contribution >= 4 is 5.69 Å². The molecule has 3 heterocycles. The summed E-state index contributed by atoms with van der Waals surface area (Å²) in [5.74, 6) is 0. The largest absolute Gasteiger partial charge is 1.00 e. The van der Waals surface area contributed by atoms with Crippen LogP contribution in [0.3, 0.4) is 0 Å². The predicted molar refractivity (Wildman–Crippen MR) is 90.5 cm³/mol. The van der Waals surface area contributed by atoms with Crippen LogP contribution >= 0.6 is 0 Å². The summed E-state index contributed by atoms with van der Waals surface area (Å²) in [5, 5.41) is 0. The van der Waals surface area contributed by atoms with Crippen molar-refractivity contribution in [2.24, 2.45) is 14.1 Å². The molecule has 0 unspecified atom stereocenters. The molecule has 0 saturated carbocycles. The van der Waals surface area contributed by atoms with Crippen molar-refractivity contribution < 1.29 is 61.8 Å². The van der Waals surface area contributed by atoms with E-state index in [9.17, 15) is 0 Å². The standard InChI is InChI=1S/C18H23N5O.2HI/c1-19-3-5-22(14-19)17-11-16(21-7-9-24-10-8-21)12-18(13-17)23-6-4-20(2)15-23;;/h3-6,11-15H,7-10H2,1-2H3;2*1H/q+2;;/p-2. The van der Waals surface area contributed by atoms with Crippen LogP contribution < -0.4 is 62.0 Å². The number of ether oxygens (including phenoxy) is 1. The summed E-state index contributed by atoms with van der Waals surface area (Å²) in [5.41, 5.74) is 3.55. The lowest BCUT2D eigenvalue weighted by atomic mass is 10.2. The summed E-state index contributed by atoms with van der Waals surface area (Å²) in [6.07, 6.45) is 12.4. The van der Waals surface area contributed by atoms with E-state index in [0.717, 1.165) is 37.7 Å². The average molecular weight is 579 g/mol. The number of aromatic nitrogens is 4. The third kappa shape index (κ3) is 4.58. The van der Waals surface area contributed by atoms with E-state index in [4.69, 9.17) is 4.74 Å². The second kappa shape index (κ2) is 9.18. The molecule has 1 aliphatic heterocycles. The fourth-order valence-electron chi connectivity index (χ4n) is 3.09. The van der Waals surface area contributed by atoms with E-state index in [1.807, 2.05) is 14.1 Å². The molecule has 8 heteroatoms. The number of hydrogen-bond acceptors (Lipinski definition) is 2. The Hall–Kier alpha value is -1.14. The van der Waals surface area contributed by atoms with Crippen LogP contribution in [-0.4, -0.2) is 35.4 Å². The van der Waals surface area contributed by atoms with Crippen LogP contribution in [0, 0.1) is 0 Å². The normalized spacial score (nSPS) is 13.8. The third-order valence-electron chi connectivity index (χ3n) is 4.40. The molecule has 1 saturated heterocycles. The van der Waals surface area contributed by atoms with E-state index in [1.54, 1.807) is 0 Å². The summed E-state index contributed by atoms with van der Waals surface area (Å²) < 4.78 is 13.9. The summed E-state index contributed by atoms with van der Waals surface area (Å²) in [6.45, 7) is 3.44. The highest BCUT2D eigenvalue weighted by Crippen LogP contribution is 2.24. The Labute approximate surface area is 188 Å². The highest BCUT2D eigenvalue weighted by atomic mass is 127. The van der Waals surface area contributed by atoms with Gasteiger partial charge in [0.05, 0.1) is 27.3 Å². The Bertz CT molecular complexity index is 796. The molecule has 0 bridgehead atoms. The molecule has 1 aliphatic rings. The zero-order valence-electron chi connectivity index (χ0n) is 14.9. The van der Waals surface area contributed by atoms with E-state index in [-0.39, 0.29) is 48.0 Å². The number of hydrogen-bond donors (Lipinski definition) is 0. The predicted octanol–water partition coefficient (Wildman–Crippen LogP) is -5.24. The molecule has 3 aromatic rings. The smallest absolute Gasteiger partial charge is 0.248 e. The molecule has 0 radical (unpaired) electrons. The summed E-state index contributed by atoms with van der Waals surface area (Å²) in [4.78, 5) is 2.39. The monoisotopic (exact) mass is 579 g/mol. The number of imidazole rings is 2. The number of aryl methyl sites for hydroxylation is 2. The SMILES string of the molecule is C[n+]1ccn(-c2cc(N3CCOCC3)cc(-n3cc[n+](C)c3)c2)c1.[I-].[I-]. The Morgan fingerprint density at radius 1 is 0.769 bits per heavy atom. The number of morpholine rings is 1. The van der Waals surface area contributed by atoms with E-state index < -0.39 is 0 Å². The van der Waals surface area contributed by atoms with Gasteiger partial charge in [-0.1, -0.05) is 0 Å². The van der Waals surface area contributed by atoms with Crippen LogP contribution in [-0.2, 0) is 18.8 Å². The zero-order valence-corrected chi connectivity index (χ0v) is 19.2. The number of nitrogens with zero attached hydrogens (tertiary/aromatic N) is 5. The Morgan fingerprint density at radius 3 is 1.65 bits per heavy atom. The van der Waals surface area contributed by atoms with Crippen LogP contribution in [0.5, 0.6) is 0 Å². The van der Waals surface area contributed by atoms with Gasteiger partial charge in [0.15, 0.2) is 0 Å². The van der Waals surface area contributed by atoms with Crippen molar-refractivity contribution in [2.75, 3.05) is 31.2 Å². The van der Waals surface area contributed by atoms with Crippen LogP contribution in [0.15, 0.2) is 55.6 Å². The quantitative estimate of drug-likeness (QED) is 0.230. The van der Waals surface area contributed by atoms with E-state index in [2.05, 4.69) is 78.8 Å². The van der Waals surface area contributed by atoms with Gasteiger partial charge < -0.3 is 57.6 Å². The maximum absolute atomic E-state index is 5.50. The first-order valence-electron chi connectivity index (χ1n) is 8.24. The van der Waals surface area contributed by atoms with Gasteiger partial charge in [-0.05, 0) is 0 Å². The van der Waals surface area contributed by atoms with Crippen molar-refractivity contribution in [2.45, 2.75) is 0 Å². The highest BCUT2D eigenvalue weighted by molar-refractivity contribution is 5.60. The molecular weight excluding hydrogens is 556 g/mol. The molecule has 2 aromatic heterocycles. The van der Waals surface area contributed by atoms with E-state index in [0.29, 0.717) is 0 Å². The number of benzene rings is 1. The number of rotatable bonds is 3. The van der Waals surface area contributed by atoms with Crippen LogP contribution in [0.25, 0.3) is 11.4 Å². The van der Waals surface area contributed by atoms with Crippen molar-refractivity contribution in [3.8, 4) is 11.4 Å². The lowest BCUT2D eigenvalue weighted by Gasteiger charge is -2.29. The van der Waals surface area contributed by atoms with Gasteiger partial charge in [0.1, 0.15) is 36.2 Å². The van der Waals surface area contributed by atoms with E-state index >= 15 is 0 Å². The fourth-order valence-corrected chi connectivity index (χ4v) is 3.09. The molecule has 26 heavy (non-hydrogen) atoms. The van der Waals surface area contributed by atoms with Crippen molar-refractivity contribution in [1.29, 1.82) is 0 Å². The second-order valence-corrected chi connectivity index (χ2v) is 6.28. The lowest BCUT2D eigenvalue weighted by Crippen LogP contribution is -3.00. The van der Waals surface area contributed by atoms with Gasteiger partial charge >= 0.3 is 0 Å². The molecule has 4 rings (SSSR count). The molecular formula is C18H23I2N5O. The summed E-state index contributed by atoms with van der Waals surface area (Å²) >= 11 is 0. The minimum Gasteiger partial charge on any atom is -1.00 e. The topological polar surface area (TPSA) is 30.1 Å². The van der Waals surface area contributed by atoms with Gasteiger partial charge in [0.2, 0.25) is 12.7 Å². The third-order valence-corrected chi connectivity index (χ3v) is 4.40. The first-order valence-corrected chi connectivity index (χ1v) is 8.24. The first kappa shape index (κ1) is 21.2. The molecule has 1 aromatic carbocycles. The Balaban J connectivity index is 0.00000121. The molecule has 140 valence electrons. The molecule has 0 aliphatic carbocycles. The average Bonchev–Trinajstić information content (AvgIpc) is 3.24. The molecule has 1 fully saturated rings. The van der Waals surface area contributed by atoms with Crippen molar-refractivity contribution in [3.05, 3.63) is 55.6 Å². The number of halogens is 2. The van der Waals surface area contributed by atoms with Crippen LogP contribution in [0.1, 0.15) is 0 Å². The van der Waals surface area contributed by atoms with Gasteiger partial charge in [0.25, 0.3) is 0 Å². The molecule has 0 spiro atoms. The van der Waals surface area contributed by atoms with E-state index in [1.165, 1.54) is 5.69 Å². The van der Waals surface area contributed by atoms with Gasteiger partial charge in [-0.15, -0.1) is 0 Å². The number of anilines is 1. The highest BCUT2D eigenvalue weighted by Gasteiger charge is 2.17. The van der Waals surface area contributed by atoms with Crippen molar-refractivity contribution in [1.82, 2.24) is 9.13 Å². The van der Waals surface area contributed by atoms with Gasteiger partial charge in [-0.25, -0.2) is 18.3 Å². The maximum Gasteiger partial charge on any atom is 0.248 e. The molecule has 0 atom stereocenters. The van der Waals surface area contributed by atoms with Crippen molar-refractivity contribution in [3.63, 3.8) is 0 Å². The van der Waals surface area contributed by atoms with Gasteiger partial charge in [-0.3, -0.25) is 0 Å². The van der Waals surface area contributed by atoms with Crippen LogP contribution in [0.2, 0.25) is 0 Å². The van der Waals surface area contributed by atoms with Gasteiger partial charge in [0, 0.05) is 37.0 Å². The van der Waals surface area contributed by atoms with Crippen LogP contribution in [0.4, 0.5) is 5.69 Å².